The Labute approximate surface area is 104 Å². The van der Waals surface area contributed by atoms with Crippen LogP contribution < -0.4 is 5.73 Å². The summed E-state index contributed by atoms with van der Waals surface area (Å²) in [5, 5.41) is 0. The van der Waals surface area contributed by atoms with Crippen molar-refractivity contribution in [1.29, 1.82) is 0 Å². The molecule has 5 nitrogen and oxygen atoms in total. The molecule has 2 N–H and O–H groups in total. The largest absolute Gasteiger partial charge is 0.468 e. The average Bonchev–Trinajstić information content (AvgIpc) is 2.36. The molecule has 102 valence electrons. The number of hydrogen-bond donors (Lipinski definition) is 1. The summed E-state index contributed by atoms with van der Waals surface area (Å²) in [6, 6.07) is -0.0657. The molecule has 0 rings (SSSR count). The van der Waals surface area contributed by atoms with Crippen LogP contribution in [0.2, 0.25) is 0 Å². The predicted molar refractivity (Wildman–Crippen MR) is 67.8 cm³/mol. The zero-order valence-corrected chi connectivity index (χ0v) is 11.4. The molecule has 0 amide bonds. The van der Waals surface area contributed by atoms with Crippen LogP contribution in [0, 0.1) is 0 Å². The Morgan fingerprint density at radius 2 is 2.00 bits per heavy atom. The predicted octanol–water partition coefficient (Wildman–Crippen LogP) is 0.624. The molecular weight excluding hydrogens is 220 g/mol. The van der Waals surface area contributed by atoms with Gasteiger partial charge in [-0.3, -0.25) is 9.69 Å². The van der Waals surface area contributed by atoms with E-state index in [9.17, 15) is 4.79 Å². The summed E-state index contributed by atoms with van der Waals surface area (Å²) in [5.74, 6) is -0.346. The van der Waals surface area contributed by atoms with Crippen LogP contribution in [0.5, 0.6) is 0 Å². The molecule has 0 saturated carbocycles. The maximum absolute atomic E-state index is 11.2. The quantitative estimate of drug-likeness (QED) is 0.604. The third-order valence-corrected chi connectivity index (χ3v) is 3.03. The van der Waals surface area contributed by atoms with E-state index >= 15 is 0 Å². The van der Waals surface area contributed by atoms with Gasteiger partial charge in [0.25, 0.3) is 0 Å². The molecule has 0 aromatic heterocycles. The fourth-order valence-corrected chi connectivity index (χ4v) is 1.59. The second kappa shape index (κ2) is 9.39. The van der Waals surface area contributed by atoms with Crippen LogP contribution in [-0.2, 0) is 14.3 Å². The monoisotopic (exact) mass is 246 g/mol. The zero-order chi connectivity index (χ0) is 13.3. The Kier molecular flexibility index (Phi) is 9.03. The van der Waals surface area contributed by atoms with Crippen molar-refractivity contribution >= 4 is 5.97 Å². The van der Waals surface area contributed by atoms with Gasteiger partial charge in [0.2, 0.25) is 0 Å². The number of esters is 1. The fraction of sp³-hybridized carbons (Fsp3) is 0.917. The summed E-state index contributed by atoms with van der Waals surface area (Å²) in [4.78, 5) is 13.5. The Balaban J connectivity index is 4.10. The first-order chi connectivity index (χ1) is 8.06. The molecule has 0 bridgehead atoms. The van der Waals surface area contributed by atoms with Gasteiger partial charge in [-0.25, -0.2) is 0 Å². The molecule has 0 aliphatic heterocycles. The number of methoxy groups -OCH3 is 2. The lowest BCUT2D eigenvalue weighted by Crippen LogP contribution is -2.41. The van der Waals surface area contributed by atoms with E-state index in [0.717, 1.165) is 19.5 Å². The standard InChI is InChI=1S/C12H26N2O3/c1-5-10(2)14(8-9-16-3)7-6-11(13)12(15)17-4/h10-11H,5-9,13H2,1-4H3. The van der Waals surface area contributed by atoms with Crippen LogP contribution in [0.1, 0.15) is 26.7 Å². The number of carbonyl (C=O) groups excluding carboxylic acids is 1. The van der Waals surface area contributed by atoms with Crippen LogP contribution in [0.15, 0.2) is 0 Å². The van der Waals surface area contributed by atoms with Gasteiger partial charge in [-0.1, -0.05) is 6.92 Å². The third kappa shape index (κ3) is 6.61. The van der Waals surface area contributed by atoms with Crippen LogP contribution in [0.4, 0.5) is 0 Å². The van der Waals surface area contributed by atoms with E-state index in [1.807, 2.05) is 0 Å². The number of carbonyl (C=O) groups is 1. The first kappa shape index (κ1) is 16.4. The molecule has 0 aromatic carbocycles. The molecule has 0 spiro atoms. The van der Waals surface area contributed by atoms with Crippen molar-refractivity contribution in [2.24, 2.45) is 5.73 Å². The maximum Gasteiger partial charge on any atom is 0.322 e. The molecule has 0 radical (unpaired) electrons. The summed E-state index contributed by atoms with van der Waals surface area (Å²) in [6.45, 7) is 6.65. The fourth-order valence-electron chi connectivity index (χ4n) is 1.59. The van der Waals surface area contributed by atoms with Crippen LogP contribution >= 0.6 is 0 Å². The second-order valence-corrected chi connectivity index (χ2v) is 4.20. The molecule has 0 saturated heterocycles. The van der Waals surface area contributed by atoms with Gasteiger partial charge in [0, 0.05) is 26.2 Å². The molecule has 0 aliphatic carbocycles. The Morgan fingerprint density at radius 3 is 2.47 bits per heavy atom. The van der Waals surface area contributed by atoms with Crippen molar-refractivity contribution in [3.63, 3.8) is 0 Å². The van der Waals surface area contributed by atoms with Crippen LogP contribution in [0.3, 0.4) is 0 Å². The van der Waals surface area contributed by atoms with Crippen LogP contribution in [-0.4, -0.2) is 56.9 Å². The summed E-state index contributed by atoms with van der Waals surface area (Å²) < 4.78 is 9.68. The van der Waals surface area contributed by atoms with Gasteiger partial charge in [0.1, 0.15) is 6.04 Å². The van der Waals surface area contributed by atoms with Gasteiger partial charge in [0.05, 0.1) is 13.7 Å². The highest BCUT2D eigenvalue weighted by Crippen LogP contribution is 2.05. The molecule has 2 unspecified atom stereocenters. The summed E-state index contributed by atoms with van der Waals surface area (Å²) in [6.07, 6.45) is 1.68. The molecule has 5 heteroatoms. The highest BCUT2D eigenvalue weighted by Gasteiger charge is 2.17. The minimum Gasteiger partial charge on any atom is -0.468 e. The Morgan fingerprint density at radius 1 is 1.35 bits per heavy atom. The average molecular weight is 246 g/mol. The van der Waals surface area contributed by atoms with Crippen LogP contribution in [0.25, 0.3) is 0 Å². The number of ether oxygens (including phenoxy) is 2. The van der Waals surface area contributed by atoms with Crippen molar-refractivity contribution in [3.8, 4) is 0 Å². The Bertz CT molecular complexity index is 212. The lowest BCUT2D eigenvalue weighted by Gasteiger charge is -2.28. The number of rotatable bonds is 9. The van der Waals surface area contributed by atoms with Crippen molar-refractivity contribution in [2.75, 3.05) is 33.9 Å². The minimum atomic E-state index is -0.533. The van der Waals surface area contributed by atoms with Gasteiger partial charge in [-0.15, -0.1) is 0 Å². The topological polar surface area (TPSA) is 64.8 Å². The molecular formula is C12H26N2O3. The van der Waals surface area contributed by atoms with E-state index in [0.29, 0.717) is 19.1 Å². The third-order valence-electron chi connectivity index (χ3n) is 3.03. The molecule has 0 aliphatic rings. The second-order valence-electron chi connectivity index (χ2n) is 4.20. The van der Waals surface area contributed by atoms with E-state index in [4.69, 9.17) is 10.5 Å². The number of hydrogen-bond acceptors (Lipinski definition) is 5. The van der Waals surface area contributed by atoms with E-state index in [1.165, 1.54) is 7.11 Å². The van der Waals surface area contributed by atoms with Crippen molar-refractivity contribution < 1.29 is 14.3 Å². The Hall–Kier alpha value is -0.650. The minimum absolute atomic E-state index is 0.346. The van der Waals surface area contributed by atoms with E-state index in [1.54, 1.807) is 7.11 Å². The lowest BCUT2D eigenvalue weighted by molar-refractivity contribution is -0.142. The van der Waals surface area contributed by atoms with Gasteiger partial charge in [-0.05, 0) is 19.8 Å². The summed E-state index contributed by atoms with van der Waals surface area (Å²) >= 11 is 0. The highest BCUT2D eigenvalue weighted by molar-refractivity contribution is 5.75. The highest BCUT2D eigenvalue weighted by atomic mass is 16.5. The smallest absolute Gasteiger partial charge is 0.322 e. The SMILES string of the molecule is CCC(C)N(CCOC)CCC(N)C(=O)OC. The van der Waals surface area contributed by atoms with Gasteiger partial charge >= 0.3 is 5.97 Å². The lowest BCUT2D eigenvalue weighted by atomic mass is 10.1. The van der Waals surface area contributed by atoms with Gasteiger partial charge in [0.15, 0.2) is 0 Å². The molecule has 0 heterocycles. The molecule has 0 aromatic rings. The normalized spacial score (nSPS) is 14.7. The molecule has 2 atom stereocenters. The zero-order valence-electron chi connectivity index (χ0n) is 11.4. The van der Waals surface area contributed by atoms with Crippen molar-refractivity contribution in [3.05, 3.63) is 0 Å². The number of nitrogens with two attached hydrogens (primary N) is 1. The summed E-state index contributed by atoms with van der Waals surface area (Å²) in [7, 11) is 3.05. The van der Waals surface area contributed by atoms with Crippen molar-refractivity contribution in [2.45, 2.75) is 38.8 Å². The van der Waals surface area contributed by atoms with E-state index in [2.05, 4.69) is 23.5 Å². The van der Waals surface area contributed by atoms with Crippen molar-refractivity contribution in [1.82, 2.24) is 4.90 Å². The van der Waals surface area contributed by atoms with E-state index in [-0.39, 0.29) is 5.97 Å². The molecule has 17 heavy (non-hydrogen) atoms. The van der Waals surface area contributed by atoms with E-state index < -0.39 is 6.04 Å². The summed E-state index contributed by atoms with van der Waals surface area (Å²) in [5.41, 5.74) is 5.71. The molecule has 0 fully saturated rings. The first-order valence-electron chi connectivity index (χ1n) is 6.13. The van der Waals surface area contributed by atoms with Gasteiger partial charge in [-0.2, -0.15) is 0 Å². The van der Waals surface area contributed by atoms with Gasteiger partial charge < -0.3 is 15.2 Å². The maximum atomic E-state index is 11.2. The number of nitrogens with zero attached hydrogens (tertiary/aromatic N) is 1. The first-order valence-corrected chi connectivity index (χ1v) is 6.13.